The number of nitrogens with two attached hydrogens (primary N) is 1. The van der Waals surface area contributed by atoms with Crippen molar-refractivity contribution in [3.05, 3.63) is 29.6 Å². The van der Waals surface area contributed by atoms with E-state index >= 15 is 0 Å². The zero-order valence-corrected chi connectivity index (χ0v) is 9.38. The number of hydrogen-bond donors (Lipinski definition) is 1. The van der Waals surface area contributed by atoms with Crippen molar-refractivity contribution in [1.29, 1.82) is 0 Å². The van der Waals surface area contributed by atoms with Gasteiger partial charge in [-0.3, -0.25) is 0 Å². The predicted octanol–water partition coefficient (Wildman–Crippen LogP) is 2.79. The first-order chi connectivity index (χ1) is 7.71. The molecule has 0 amide bonds. The fourth-order valence-corrected chi connectivity index (χ4v) is 1.31. The fraction of sp³-hybridized carbons (Fsp3) is 0.455. The number of halogens is 4. The van der Waals surface area contributed by atoms with Crippen molar-refractivity contribution >= 4 is 0 Å². The smallest absolute Gasteiger partial charge is 0.426 e. The second kappa shape index (κ2) is 4.91. The van der Waals surface area contributed by atoms with Gasteiger partial charge in [-0.25, -0.2) is 4.39 Å². The molecule has 0 aromatic heterocycles. The van der Waals surface area contributed by atoms with Crippen LogP contribution in [0, 0.1) is 12.7 Å². The van der Waals surface area contributed by atoms with Gasteiger partial charge >= 0.3 is 6.18 Å². The number of rotatable bonds is 3. The highest BCUT2D eigenvalue weighted by molar-refractivity contribution is 5.29. The second-order valence-electron chi connectivity index (χ2n) is 3.85. The predicted molar refractivity (Wildman–Crippen MR) is 55.3 cm³/mol. The molecule has 2 atom stereocenters. The van der Waals surface area contributed by atoms with Crippen LogP contribution in [0.25, 0.3) is 0 Å². The van der Waals surface area contributed by atoms with Gasteiger partial charge in [0.05, 0.1) is 0 Å². The average molecular weight is 251 g/mol. The van der Waals surface area contributed by atoms with Gasteiger partial charge in [0.25, 0.3) is 0 Å². The van der Waals surface area contributed by atoms with Gasteiger partial charge in [-0.2, -0.15) is 13.2 Å². The van der Waals surface area contributed by atoms with E-state index in [1.165, 1.54) is 19.9 Å². The molecule has 0 aliphatic heterocycles. The van der Waals surface area contributed by atoms with Crippen LogP contribution in [0.5, 0.6) is 5.75 Å². The van der Waals surface area contributed by atoms with Gasteiger partial charge in [-0.1, -0.05) is 0 Å². The SMILES string of the molecule is Cc1cc(OC(C(C)N)C(F)(F)F)ccc1F. The van der Waals surface area contributed by atoms with Gasteiger partial charge in [0.15, 0.2) is 0 Å². The Hall–Kier alpha value is -1.30. The van der Waals surface area contributed by atoms with Gasteiger partial charge < -0.3 is 10.5 Å². The molecule has 1 aromatic carbocycles. The summed E-state index contributed by atoms with van der Waals surface area (Å²) >= 11 is 0. The molecule has 0 aliphatic carbocycles. The number of hydrogen-bond acceptors (Lipinski definition) is 2. The number of alkyl halides is 3. The molecule has 0 saturated carbocycles. The summed E-state index contributed by atoms with van der Waals surface area (Å²) in [7, 11) is 0. The van der Waals surface area contributed by atoms with Crippen molar-refractivity contribution in [2.24, 2.45) is 5.73 Å². The Morgan fingerprint density at radius 1 is 1.29 bits per heavy atom. The molecule has 2 unspecified atom stereocenters. The zero-order valence-electron chi connectivity index (χ0n) is 9.38. The third kappa shape index (κ3) is 3.59. The quantitative estimate of drug-likeness (QED) is 0.838. The van der Waals surface area contributed by atoms with E-state index in [-0.39, 0.29) is 11.3 Å². The molecule has 0 heterocycles. The Labute approximate surface area is 96.4 Å². The number of aryl methyl sites for hydroxylation is 1. The van der Waals surface area contributed by atoms with Crippen LogP contribution in [0.3, 0.4) is 0 Å². The van der Waals surface area contributed by atoms with E-state index in [2.05, 4.69) is 0 Å². The second-order valence-corrected chi connectivity index (χ2v) is 3.85. The Kier molecular flexibility index (Phi) is 3.98. The van der Waals surface area contributed by atoms with Crippen molar-refractivity contribution in [3.63, 3.8) is 0 Å². The van der Waals surface area contributed by atoms with Crippen LogP contribution >= 0.6 is 0 Å². The number of benzene rings is 1. The van der Waals surface area contributed by atoms with E-state index in [9.17, 15) is 17.6 Å². The molecule has 0 aliphatic rings. The standard InChI is InChI=1S/C11H13F4NO/c1-6-5-8(3-4-9(6)12)17-10(7(2)16)11(13,14)15/h3-5,7,10H,16H2,1-2H3. The van der Waals surface area contributed by atoms with E-state index in [1.54, 1.807) is 0 Å². The summed E-state index contributed by atoms with van der Waals surface area (Å²) in [6.45, 7) is 2.64. The van der Waals surface area contributed by atoms with Crippen molar-refractivity contribution in [1.82, 2.24) is 0 Å². The first kappa shape index (κ1) is 13.8. The monoisotopic (exact) mass is 251 g/mol. The van der Waals surface area contributed by atoms with Crippen molar-refractivity contribution in [2.45, 2.75) is 32.2 Å². The maximum Gasteiger partial charge on any atom is 0.426 e. The lowest BCUT2D eigenvalue weighted by molar-refractivity contribution is -0.199. The summed E-state index contributed by atoms with van der Waals surface area (Å²) in [5.74, 6) is -0.551. The minimum atomic E-state index is -4.56. The van der Waals surface area contributed by atoms with E-state index in [0.717, 1.165) is 12.1 Å². The molecule has 0 radical (unpaired) electrons. The lowest BCUT2D eigenvalue weighted by Crippen LogP contribution is -2.47. The molecular weight excluding hydrogens is 238 g/mol. The van der Waals surface area contributed by atoms with E-state index < -0.39 is 24.1 Å². The summed E-state index contributed by atoms with van der Waals surface area (Å²) in [5.41, 5.74) is 5.44. The summed E-state index contributed by atoms with van der Waals surface area (Å²) in [4.78, 5) is 0. The first-order valence-electron chi connectivity index (χ1n) is 4.97. The molecule has 2 N–H and O–H groups in total. The Morgan fingerprint density at radius 2 is 1.88 bits per heavy atom. The van der Waals surface area contributed by atoms with Gasteiger partial charge in [-0.15, -0.1) is 0 Å². The van der Waals surface area contributed by atoms with Crippen LogP contribution in [0.1, 0.15) is 12.5 Å². The topological polar surface area (TPSA) is 35.2 Å². The number of ether oxygens (including phenoxy) is 1. The Bertz CT molecular complexity index is 390. The van der Waals surface area contributed by atoms with Crippen LogP contribution in [-0.2, 0) is 0 Å². The van der Waals surface area contributed by atoms with Crippen molar-refractivity contribution in [2.75, 3.05) is 0 Å². The first-order valence-corrected chi connectivity index (χ1v) is 4.97. The summed E-state index contributed by atoms with van der Waals surface area (Å²) < 4.78 is 55.4. The van der Waals surface area contributed by atoms with Crippen LogP contribution in [0.15, 0.2) is 18.2 Å². The third-order valence-electron chi connectivity index (χ3n) is 2.19. The molecule has 0 saturated heterocycles. The highest BCUT2D eigenvalue weighted by Crippen LogP contribution is 2.27. The molecule has 0 bridgehead atoms. The lowest BCUT2D eigenvalue weighted by Gasteiger charge is -2.24. The summed E-state index contributed by atoms with van der Waals surface area (Å²) in [6.07, 6.45) is -6.66. The fourth-order valence-electron chi connectivity index (χ4n) is 1.31. The summed E-state index contributed by atoms with van der Waals surface area (Å²) in [6, 6.07) is 2.19. The molecule has 0 fully saturated rings. The largest absolute Gasteiger partial charge is 0.479 e. The Morgan fingerprint density at radius 3 is 2.29 bits per heavy atom. The molecule has 17 heavy (non-hydrogen) atoms. The average Bonchev–Trinajstić information content (AvgIpc) is 2.17. The summed E-state index contributed by atoms with van der Waals surface area (Å²) in [5, 5.41) is 0. The lowest BCUT2D eigenvalue weighted by atomic mass is 10.2. The normalized spacial score (nSPS) is 15.5. The van der Waals surface area contributed by atoms with E-state index in [4.69, 9.17) is 10.5 Å². The third-order valence-corrected chi connectivity index (χ3v) is 2.19. The molecule has 1 rings (SSSR count). The maximum atomic E-state index is 12.9. The minimum Gasteiger partial charge on any atom is -0.479 e. The van der Waals surface area contributed by atoms with Crippen LogP contribution in [0.2, 0.25) is 0 Å². The molecule has 2 nitrogen and oxygen atoms in total. The van der Waals surface area contributed by atoms with Gasteiger partial charge in [0, 0.05) is 6.04 Å². The van der Waals surface area contributed by atoms with Gasteiger partial charge in [0.2, 0.25) is 6.10 Å². The van der Waals surface area contributed by atoms with Gasteiger partial charge in [0.1, 0.15) is 11.6 Å². The van der Waals surface area contributed by atoms with E-state index in [1.807, 2.05) is 0 Å². The van der Waals surface area contributed by atoms with Crippen molar-refractivity contribution < 1.29 is 22.3 Å². The minimum absolute atomic E-state index is 0.0523. The Balaban J connectivity index is 2.91. The highest BCUT2D eigenvalue weighted by atomic mass is 19.4. The van der Waals surface area contributed by atoms with Crippen LogP contribution in [-0.4, -0.2) is 18.3 Å². The van der Waals surface area contributed by atoms with Crippen molar-refractivity contribution in [3.8, 4) is 5.75 Å². The molecule has 6 heteroatoms. The van der Waals surface area contributed by atoms with Crippen LogP contribution < -0.4 is 10.5 Å². The van der Waals surface area contributed by atoms with Crippen LogP contribution in [0.4, 0.5) is 17.6 Å². The highest BCUT2D eigenvalue weighted by Gasteiger charge is 2.44. The zero-order chi connectivity index (χ0) is 13.2. The molecule has 1 aromatic rings. The van der Waals surface area contributed by atoms with Gasteiger partial charge in [-0.05, 0) is 37.6 Å². The molecule has 0 spiro atoms. The molecular formula is C11H13F4NO. The van der Waals surface area contributed by atoms with E-state index in [0.29, 0.717) is 0 Å². The maximum absolute atomic E-state index is 12.9. The molecule has 96 valence electrons.